The van der Waals surface area contributed by atoms with Gasteiger partial charge in [0, 0.05) is 17.1 Å². The van der Waals surface area contributed by atoms with Crippen LogP contribution in [0.4, 0.5) is 16.3 Å². The van der Waals surface area contributed by atoms with Crippen molar-refractivity contribution < 1.29 is 14.7 Å². The molecule has 1 saturated carbocycles. The summed E-state index contributed by atoms with van der Waals surface area (Å²) >= 11 is 0. The van der Waals surface area contributed by atoms with E-state index in [4.69, 9.17) is 5.10 Å². The van der Waals surface area contributed by atoms with Crippen LogP contribution in [0.5, 0.6) is 0 Å². The predicted molar refractivity (Wildman–Crippen MR) is 133 cm³/mol. The van der Waals surface area contributed by atoms with Gasteiger partial charge in [-0.15, -0.1) is 0 Å². The summed E-state index contributed by atoms with van der Waals surface area (Å²) in [7, 11) is 0. The van der Waals surface area contributed by atoms with Crippen LogP contribution < -0.4 is 10.2 Å². The first-order valence-corrected chi connectivity index (χ1v) is 11.6. The quantitative estimate of drug-likeness (QED) is 0.382. The minimum atomic E-state index is -1.03. The Kier molecular flexibility index (Phi) is 5.99. The van der Waals surface area contributed by atoms with E-state index in [1.54, 1.807) is 12.1 Å². The number of carboxylic acid groups (broad SMARTS) is 1. The lowest BCUT2D eigenvalue weighted by molar-refractivity contribution is 0.0697. The number of urea groups is 1. The Hall–Kier alpha value is -4.13. The van der Waals surface area contributed by atoms with Crippen molar-refractivity contribution in [2.24, 2.45) is 0 Å². The number of nitrogens with one attached hydrogen (secondary N) is 1. The summed E-state index contributed by atoms with van der Waals surface area (Å²) in [6.45, 7) is 0. The number of anilines is 2. The molecule has 1 aliphatic carbocycles. The molecular weight excluding hydrogens is 428 g/mol. The Bertz CT molecular complexity index is 1330. The van der Waals surface area contributed by atoms with Crippen molar-refractivity contribution in [1.82, 2.24) is 9.78 Å². The van der Waals surface area contributed by atoms with Gasteiger partial charge in [0.1, 0.15) is 5.82 Å². The van der Waals surface area contributed by atoms with E-state index >= 15 is 0 Å². The fourth-order valence-electron chi connectivity index (χ4n) is 4.69. The Morgan fingerprint density at radius 1 is 0.912 bits per heavy atom. The maximum atomic E-state index is 13.8. The van der Waals surface area contributed by atoms with E-state index in [2.05, 4.69) is 5.32 Å². The molecule has 34 heavy (non-hydrogen) atoms. The number of hydrogen-bond donors (Lipinski definition) is 2. The summed E-state index contributed by atoms with van der Waals surface area (Å²) in [4.78, 5) is 27.1. The number of rotatable bonds is 5. The molecule has 0 spiro atoms. The van der Waals surface area contributed by atoms with Gasteiger partial charge in [-0.05, 0) is 55.3 Å². The SMILES string of the molecule is O=C(O)c1cccc(NC(=O)N(c2c3ccccc3nn2-c2ccccc2)C2CCCCC2)c1. The van der Waals surface area contributed by atoms with Crippen molar-refractivity contribution in [2.45, 2.75) is 38.1 Å². The minimum absolute atomic E-state index is 0.0129. The number of para-hydroxylation sites is 1. The number of carbonyl (C=O) groups is 2. The second-order valence-electron chi connectivity index (χ2n) is 8.57. The molecule has 0 aliphatic heterocycles. The topological polar surface area (TPSA) is 87.5 Å². The van der Waals surface area contributed by atoms with E-state index in [1.807, 2.05) is 64.2 Å². The number of hydrogen-bond acceptors (Lipinski definition) is 3. The zero-order chi connectivity index (χ0) is 23.5. The van der Waals surface area contributed by atoms with Gasteiger partial charge in [0.2, 0.25) is 0 Å². The average Bonchev–Trinajstić information content (AvgIpc) is 3.25. The summed E-state index contributed by atoms with van der Waals surface area (Å²) in [6.07, 6.45) is 5.07. The van der Waals surface area contributed by atoms with E-state index in [-0.39, 0.29) is 17.6 Å². The number of nitrogens with zero attached hydrogens (tertiary/aromatic N) is 3. The lowest BCUT2D eigenvalue weighted by Gasteiger charge is -2.34. The normalized spacial score (nSPS) is 14.1. The van der Waals surface area contributed by atoms with Crippen molar-refractivity contribution in [2.75, 3.05) is 10.2 Å². The van der Waals surface area contributed by atoms with Crippen LogP contribution in [0, 0.1) is 0 Å². The Labute approximate surface area is 197 Å². The highest BCUT2D eigenvalue weighted by Gasteiger charge is 2.32. The van der Waals surface area contributed by atoms with E-state index in [0.717, 1.165) is 54.5 Å². The second kappa shape index (κ2) is 9.39. The molecule has 5 rings (SSSR count). The largest absolute Gasteiger partial charge is 0.478 e. The number of benzene rings is 3. The first kappa shape index (κ1) is 21.7. The van der Waals surface area contributed by atoms with Gasteiger partial charge in [0.25, 0.3) is 0 Å². The van der Waals surface area contributed by atoms with Crippen LogP contribution in [-0.2, 0) is 0 Å². The molecule has 7 heteroatoms. The van der Waals surface area contributed by atoms with Crippen molar-refractivity contribution in [1.29, 1.82) is 0 Å². The van der Waals surface area contributed by atoms with Crippen LogP contribution in [0.15, 0.2) is 78.9 Å². The van der Waals surface area contributed by atoms with Crippen molar-refractivity contribution >= 4 is 34.4 Å². The van der Waals surface area contributed by atoms with E-state index < -0.39 is 5.97 Å². The Morgan fingerprint density at radius 3 is 2.41 bits per heavy atom. The van der Waals surface area contributed by atoms with Gasteiger partial charge >= 0.3 is 12.0 Å². The zero-order valence-corrected chi connectivity index (χ0v) is 18.7. The molecule has 3 aromatic carbocycles. The number of carboxylic acids is 1. The first-order chi connectivity index (χ1) is 16.6. The molecule has 1 fully saturated rings. The van der Waals surface area contributed by atoms with Crippen molar-refractivity contribution in [3.8, 4) is 5.69 Å². The molecule has 172 valence electrons. The molecule has 4 aromatic rings. The molecule has 0 radical (unpaired) electrons. The maximum absolute atomic E-state index is 13.8. The van der Waals surface area contributed by atoms with Crippen LogP contribution in [0.25, 0.3) is 16.6 Å². The standard InChI is InChI=1S/C27H26N4O3/c32-26(33)19-10-9-11-20(18-19)28-27(34)30(21-12-3-1-4-13-21)25-23-16-7-8-17-24(23)29-31(25)22-14-5-2-6-15-22/h2,5-11,14-18,21H,1,3-4,12-13H2,(H,28,34)(H,32,33). The molecule has 0 unspecified atom stereocenters. The number of fused-ring (bicyclic) bond motifs is 1. The first-order valence-electron chi connectivity index (χ1n) is 11.6. The number of aromatic carboxylic acids is 1. The molecule has 2 N–H and O–H groups in total. The third-order valence-electron chi connectivity index (χ3n) is 6.30. The summed E-state index contributed by atoms with van der Waals surface area (Å²) in [6, 6.07) is 23.7. The number of amides is 2. The molecule has 2 amide bonds. The fourth-order valence-corrected chi connectivity index (χ4v) is 4.69. The highest BCUT2D eigenvalue weighted by atomic mass is 16.4. The summed E-state index contributed by atoms with van der Waals surface area (Å²) in [5, 5.41) is 18.0. The molecule has 1 heterocycles. The molecule has 1 aliphatic rings. The van der Waals surface area contributed by atoms with E-state index in [1.165, 1.54) is 12.1 Å². The van der Waals surface area contributed by atoms with Gasteiger partial charge in [-0.25, -0.2) is 14.3 Å². The van der Waals surface area contributed by atoms with Gasteiger partial charge in [0.15, 0.2) is 0 Å². The van der Waals surface area contributed by atoms with Gasteiger partial charge in [-0.3, -0.25) is 4.90 Å². The molecule has 0 bridgehead atoms. The smallest absolute Gasteiger partial charge is 0.335 e. The zero-order valence-electron chi connectivity index (χ0n) is 18.7. The fraction of sp³-hybridized carbons (Fsp3) is 0.222. The van der Waals surface area contributed by atoms with Crippen LogP contribution in [-0.4, -0.2) is 32.9 Å². The summed E-state index contributed by atoms with van der Waals surface area (Å²) in [5.41, 5.74) is 2.25. The maximum Gasteiger partial charge on any atom is 0.335 e. The van der Waals surface area contributed by atoms with E-state index in [0.29, 0.717) is 5.69 Å². The molecule has 0 atom stereocenters. The van der Waals surface area contributed by atoms with Gasteiger partial charge < -0.3 is 10.4 Å². The summed E-state index contributed by atoms with van der Waals surface area (Å²) in [5.74, 6) is -0.311. The Balaban J connectivity index is 1.63. The molecule has 0 saturated heterocycles. The van der Waals surface area contributed by atoms with Crippen LogP contribution in [0.3, 0.4) is 0 Å². The average molecular weight is 455 g/mol. The highest BCUT2D eigenvalue weighted by Crippen LogP contribution is 2.35. The predicted octanol–water partition coefficient (Wildman–Crippen LogP) is 6.09. The monoisotopic (exact) mass is 454 g/mol. The molecular formula is C27H26N4O3. The van der Waals surface area contributed by atoms with Gasteiger partial charge in [0.05, 0.1) is 16.8 Å². The third-order valence-corrected chi connectivity index (χ3v) is 6.30. The third kappa shape index (κ3) is 4.24. The summed E-state index contributed by atoms with van der Waals surface area (Å²) < 4.78 is 1.84. The van der Waals surface area contributed by atoms with E-state index in [9.17, 15) is 14.7 Å². The molecule has 7 nitrogen and oxygen atoms in total. The molecule has 1 aromatic heterocycles. The van der Waals surface area contributed by atoms with Gasteiger partial charge in [-0.1, -0.05) is 55.7 Å². The Morgan fingerprint density at radius 2 is 1.65 bits per heavy atom. The van der Waals surface area contributed by atoms with Crippen LogP contribution in [0.2, 0.25) is 0 Å². The highest BCUT2D eigenvalue weighted by molar-refractivity contribution is 6.07. The minimum Gasteiger partial charge on any atom is -0.478 e. The number of carbonyl (C=O) groups excluding carboxylic acids is 1. The lowest BCUT2D eigenvalue weighted by Crippen LogP contribution is -2.45. The van der Waals surface area contributed by atoms with Crippen molar-refractivity contribution in [3.05, 3.63) is 84.4 Å². The lowest BCUT2D eigenvalue weighted by atomic mass is 9.94. The van der Waals surface area contributed by atoms with Crippen LogP contribution >= 0.6 is 0 Å². The second-order valence-corrected chi connectivity index (χ2v) is 8.57. The van der Waals surface area contributed by atoms with Crippen molar-refractivity contribution in [3.63, 3.8) is 0 Å². The number of aromatic nitrogens is 2. The van der Waals surface area contributed by atoms with Crippen LogP contribution in [0.1, 0.15) is 42.5 Å². The van der Waals surface area contributed by atoms with Gasteiger partial charge in [-0.2, -0.15) is 5.10 Å².